The molecule has 0 bridgehead atoms. The number of anilines is 2. The highest BCUT2D eigenvalue weighted by Gasteiger charge is 2.23. The van der Waals surface area contributed by atoms with Crippen LogP contribution in [0.4, 0.5) is 11.4 Å². The van der Waals surface area contributed by atoms with Gasteiger partial charge in [0.2, 0.25) is 11.7 Å². The molecule has 0 aliphatic rings. The third-order valence-electron chi connectivity index (χ3n) is 3.74. The maximum Gasteiger partial charge on any atom is 0.293 e. The van der Waals surface area contributed by atoms with Gasteiger partial charge in [0.25, 0.3) is 5.91 Å². The fourth-order valence-electron chi connectivity index (χ4n) is 2.54. The smallest absolute Gasteiger partial charge is 0.293 e. The van der Waals surface area contributed by atoms with E-state index < -0.39 is 5.91 Å². The summed E-state index contributed by atoms with van der Waals surface area (Å²) >= 11 is 5.62. The van der Waals surface area contributed by atoms with Gasteiger partial charge >= 0.3 is 0 Å². The maximum absolute atomic E-state index is 12.8. The number of ether oxygens (including phenoxy) is 1. The minimum atomic E-state index is -0.494. The Morgan fingerprint density at radius 3 is 2.58 bits per heavy atom. The summed E-state index contributed by atoms with van der Waals surface area (Å²) in [7, 11) is 1.52. The third-order valence-corrected chi connectivity index (χ3v) is 3.93. The summed E-state index contributed by atoms with van der Waals surface area (Å²) in [5, 5.41) is 6.11. The van der Waals surface area contributed by atoms with Crippen LogP contribution in [0.15, 0.2) is 52.9 Å². The van der Waals surface area contributed by atoms with E-state index in [9.17, 15) is 9.59 Å². The summed E-state index contributed by atoms with van der Waals surface area (Å²) in [6.45, 7) is 0. The van der Waals surface area contributed by atoms with E-state index in [1.807, 2.05) is 0 Å². The summed E-state index contributed by atoms with van der Waals surface area (Å²) in [5.41, 5.74) is 1.32. The van der Waals surface area contributed by atoms with Gasteiger partial charge in [0, 0.05) is 17.7 Å². The molecule has 2 amide bonds. The van der Waals surface area contributed by atoms with E-state index in [-0.39, 0.29) is 24.0 Å². The quantitative estimate of drug-likeness (QED) is 0.633. The van der Waals surface area contributed by atoms with Crippen LogP contribution in [0.3, 0.4) is 0 Å². The first kappa shape index (κ1) is 17.8. The number of hydrogen-bond donors (Lipinski definition) is 2. The van der Waals surface area contributed by atoms with Crippen molar-refractivity contribution in [2.24, 2.45) is 0 Å². The van der Waals surface area contributed by atoms with Crippen molar-refractivity contribution >= 4 is 45.8 Å². The lowest BCUT2D eigenvalue weighted by molar-refractivity contribution is -0.115. The molecule has 0 unspecified atom stereocenters. The lowest BCUT2D eigenvalue weighted by Gasteiger charge is -2.10. The number of nitrogens with one attached hydrogen (secondary N) is 2. The van der Waals surface area contributed by atoms with Gasteiger partial charge in [0.05, 0.1) is 12.8 Å². The zero-order chi connectivity index (χ0) is 18.5. The van der Waals surface area contributed by atoms with Crippen LogP contribution in [0.1, 0.15) is 17.0 Å². The van der Waals surface area contributed by atoms with Crippen LogP contribution in [-0.4, -0.2) is 24.8 Å². The molecule has 0 aliphatic carbocycles. The molecular weight excluding hydrogens is 356 g/mol. The number of hydrogen-bond acceptors (Lipinski definition) is 4. The molecule has 0 fully saturated rings. The number of rotatable bonds is 6. The summed E-state index contributed by atoms with van der Waals surface area (Å²) in [6, 6.07) is 14.1. The Labute approximate surface area is 155 Å². The van der Waals surface area contributed by atoms with Crippen molar-refractivity contribution in [3.8, 4) is 5.75 Å². The Morgan fingerprint density at radius 1 is 1.08 bits per heavy atom. The molecule has 3 rings (SSSR count). The van der Waals surface area contributed by atoms with E-state index in [0.717, 1.165) is 0 Å². The van der Waals surface area contributed by atoms with Crippen LogP contribution in [0.2, 0.25) is 0 Å². The monoisotopic (exact) mass is 372 g/mol. The Balaban J connectivity index is 1.97. The minimum Gasteiger partial charge on any atom is -0.495 e. The molecule has 0 saturated heterocycles. The standard InChI is InChI=1S/C19H17ClN2O4/c1-25-15-9-5-3-7-13(15)21-19(24)18-17(22-16(23)10-11-20)12-6-2-4-8-14(12)26-18/h2-9H,10-11H2,1H3,(H,21,24)(H,22,23). The van der Waals surface area contributed by atoms with Crippen molar-refractivity contribution < 1.29 is 18.7 Å². The molecule has 1 aromatic heterocycles. The van der Waals surface area contributed by atoms with Crippen LogP contribution < -0.4 is 15.4 Å². The van der Waals surface area contributed by atoms with E-state index >= 15 is 0 Å². The summed E-state index contributed by atoms with van der Waals surface area (Å²) in [5.74, 6) is -0.0702. The molecular formula is C19H17ClN2O4. The van der Waals surface area contributed by atoms with Gasteiger partial charge in [-0.1, -0.05) is 24.3 Å². The maximum atomic E-state index is 12.8. The molecule has 0 spiro atoms. The van der Waals surface area contributed by atoms with Gasteiger partial charge in [0.15, 0.2) is 0 Å². The van der Waals surface area contributed by atoms with Gasteiger partial charge in [-0.25, -0.2) is 0 Å². The summed E-state index contributed by atoms with van der Waals surface area (Å²) < 4.78 is 10.9. The number of amides is 2. The second kappa shape index (κ2) is 7.93. The van der Waals surface area contributed by atoms with E-state index in [2.05, 4.69) is 10.6 Å². The lowest BCUT2D eigenvalue weighted by Crippen LogP contribution is -2.17. The van der Waals surface area contributed by atoms with Crippen LogP contribution >= 0.6 is 11.6 Å². The van der Waals surface area contributed by atoms with Gasteiger partial charge in [-0.2, -0.15) is 0 Å². The molecule has 1 heterocycles. The molecule has 3 aromatic rings. The van der Waals surface area contributed by atoms with Gasteiger partial charge in [-0.15, -0.1) is 11.6 Å². The number of carbonyl (C=O) groups is 2. The van der Waals surface area contributed by atoms with Crippen molar-refractivity contribution in [1.29, 1.82) is 0 Å². The number of fused-ring (bicyclic) bond motifs is 1. The fourth-order valence-corrected chi connectivity index (χ4v) is 2.72. The molecule has 7 heteroatoms. The zero-order valence-electron chi connectivity index (χ0n) is 14.0. The lowest BCUT2D eigenvalue weighted by atomic mass is 10.2. The first-order valence-corrected chi connectivity index (χ1v) is 8.49. The highest BCUT2D eigenvalue weighted by molar-refractivity contribution is 6.20. The van der Waals surface area contributed by atoms with Crippen molar-refractivity contribution in [2.75, 3.05) is 23.6 Å². The van der Waals surface area contributed by atoms with E-state index in [0.29, 0.717) is 28.1 Å². The third kappa shape index (κ3) is 3.65. The van der Waals surface area contributed by atoms with E-state index in [1.54, 1.807) is 48.5 Å². The topological polar surface area (TPSA) is 80.6 Å². The molecule has 2 N–H and O–H groups in total. The molecule has 2 aromatic carbocycles. The Kier molecular flexibility index (Phi) is 5.43. The van der Waals surface area contributed by atoms with Gasteiger partial charge in [0.1, 0.15) is 17.0 Å². The zero-order valence-corrected chi connectivity index (χ0v) is 14.8. The molecule has 0 atom stereocenters. The molecule has 6 nitrogen and oxygen atoms in total. The van der Waals surface area contributed by atoms with Gasteiger partial charge in [-0.3, -0.25) is 9.59 Å². The van der Waals surface area contributed by atoms with E-state index in [1.165, 1.54) is 7.11 Å². The molecule has 0 radical (unpaired) electrons. The highest BCUT2D eigenvalue weighted by Crippen LogP contribution is 2.32. The first-order chi connectivity index (χ1) is 12.6. The normalized spacial score (nSPS) is 10.5. The van der Waals surface area contributed by atoms with Gasteiger partial charge < -0.3 is 19.8 Å². The number of alkyl halides is 1. The average molecular weight is 373 g/mol. The number of carbonyl (C=O) groups excluding carboxylic acids is 2. The highest BCUT2D eigenvalue weighted by atomic mass is 35.5. The van der Waals surface area contributed by atoms with E-state index in [4.69, 9.17) is 20.8 Å². The minimum absolute atomic E-state index is 0.0139. The molecule has 0 aliphatic heterocycles. The predicted molar refractivity (Wildman–Crippen MR) is 101 cm³/mol. The molecule has 0 saturated carbocycles. The van der Waals surface area contributed by atoms with Crippen molar-refractivity contribution in [2.45, 2.75) is 6.42 Å². The predicted octanol–water partition coefficient (Wildman–Crippen LogP) is 4.26. The largest absolute Gasteiger partial charge is 0.495 e. The molecule has 134 valence electrons. The summed E-state index contributed by atoms with van der Waals surface area (Å²) in [4.78, 5) is 24.8. The Morgan fingerprint density at radius 2 is 1.81 bits per heavy atom. The van der Waals surface area contributed by atoms with Crippen molar-refractivity contribution in [3.05, 3.63) is 54.3 Å². The number of furan rings is 1. The SMILES string of the molecule is COc1ccccc1NC(=O)c1oc2ccccc2c1NC(=O)CCCl. The second-order valence-corrected chi connectivity index (χ2v) is 5.82. The Bertz CT molecular complexity index is 952. The number of halogens is 1. The van der Waals surface area contributed by atoms with Crippen molar-refractivity contribution in [1.82, 2.24) is 0 Å². The fraction of sp³-hybridized carbons (Fsp3) is 0.158. The van der Waals surface area contributed by atoms with Crippen LogP contribution in [0, 0.1) is 0 Å². The van der Waals surface area contributed by atoms with Crippen LogP contribution in [0.5, 0.6) is 5.75 Å². The second-order valence-electron chi connectivity index (χ2n) is 5.44. The Hall–Kier alpha value is -2.99. The summed E-state index contributed by atoms with van der Waals surface area (Å²) in [6.07, 6.45) is 0.134. The van der Waals surface area contributed by atoms with Crippen molar-refractivity contribution in [3.63, 3.8) is 0 Å². The van der Waals surface area contributed by atoms with Crippen LogP contribution in [-0.2, 0) is 4.79 Å². The molecule has 26 heavy (non-hydrogen) atoms. The van der Waals surface area contributed by atoms with Gasteiger partial charge in [-0.05, 0) is 24.3 Å². The number of methoxy groups -OCH3 is 1. The van der Waals surface area contributed by atoms with Crippen LogP contribution in [0.25, 0.3) is 11.0 Å². The average Bonchev–Trinajstić information content (AvgIpc) is 3.01. The first-order valence-electron chi connectivity index (χ1n) is 7.95. The number of para-hydroxylation sites is 3. The number of benzene rings is 2.